The zero-order valence-electron chi connectivity index (χ0n) is 11.0. The fourth-order valence-corrected chi connectivity index (χ4v) is 2.78. The van der Waals surface area contributed by atoms with Crippen molar-refractivity contribution in [2.24, 2.45) is 5.73 Å². The highest BCUT2D eigenvalue weighted by Gasteiger charge is 2.17. The molecule has 1 aromatic carbocycles. The van der Waals surface area contributed by atoms with Crippen LogP contribution in [-0.4, -0.2) is 37.9 Å². The standard InChI is InChI=1S/C12H16N2O4S2/c1-18-10-4-2-9(3-5-10)14-12(15)8-20(16,17)7-6-11(13)19/h2-5H,6-8H2,1H3,(H2,13,19)(H,14,15). The maximum atomic E-state index is 11.6. The molecule has 0 aromatic heterocycles. The van der Waals surface area contributed by atoms with Crippen molar-refractivity contribution in [3.63, 3.8) is 0 Å². The number of nitrogens with two attached hydrogens (primary N) is 1. The predicted molar refractivity (Wildman–Crippen MR) is 81.7 cm³/mol. The Kier molecular flexibility index (Phi) is 5.90. The third-order valence-corrected chi connectivity index (χ3v) is 4.12. The van der Waals surface area contributed by atoms with Gasteiger partial charge < -0.3 is 15.8 Å². The molecule has 0 radical (unpaired) electrons. The molecule has 110 valence electrons. The second kappa shape index (κ2) is 7.20. The van der Waals surface area contributed by atoms with Crippen LogP contribution in [-0.2, 0) is 14.6 Å². The second-order valence-corrected chi connectivity index (χ2v) is 6.79. The first kappa shape index (κ1) is 16.4. The summed E-state index contributed by atoms with van der Waals surface area (Å²) in [6.45, 7) is 0. The van der Waals surface area contributed by atoms with Crippen LogP contribution in [0, 0.1) is 0 Å². The fraction of sp³-hybridized carbons (Fsp3) is 0.333. The van der Waals surface area contributed by atoms with Crippen LogP contribution >= 0.6 is 12.2 Å². The Hall–Kier alpha value is -1.67. The lowest BCUT2D eigenvalue weighted by Crippen LogP contribution is -2.26. The number of hydrogen-bond donors (Lipinski definition) is 2. The molecule has 6 nitrogen and oxygen atoms in total. The van der Waals surface area contributed by atoms with Crippen LogP contribution in [0.4, 0.5) is 5.69 Å². The molecule has 3 N–H and O–H groups in total. The molecule has 0 aliphatic heterocycles. The maximum absolute atomic E-state index is 11.6. The van der Waals surface area contributed by atoms with E-state index in [0.717, 1.165) is 0 Å². The second-order valence-electron chi connectivity index (χ2n) is 4.09. The highest BCUT2D eigenvalue weighted by Crippen LogP contribution is 2.14. The molecule has 0 unspecified atom stereocenters. The van der Waals surface area contributed by atoms with Gasteiger partial charge in [0.2, 0.25) is 5.91 Å². The van der Waals surface area contributed by atoms with Crippen LogP contribution in [0.25, 0.3) is 0 Å². The average Bonchev–Trinajstić information content (AvgIpc) is 2.37. The van der Waals surface area contributed by atoms with Crippen molar-refractivity contribution in [1.29, 1.82) is 0 Å². The van der Waals surface area contributed by atoms with Crippen molar-refractivity contribution in [1.82, 2.24) is 0 Å². The Morgan fingerprint density at radius 1 is 1.35 bits per heavy atom. The lowest BCUT2D eigenvalue weighted by atomic mass is 10.3. The van der Waals surface area contributed by atoms with Gasteiger partial charge >= 0.3 is 0 Å². The highest BCUT2D eigenvalue weighted by atomic mass is 32.2. The van der Waals surface area contributed by atoms with Gasteiger partial charge in [-0.3, -0.25) is 4.79 Å². The van der Waals surface area contributed by atoms with Crippen molar-refractivity contribution in [3.8, 4) is 5.75 Å². The third kappa shape index (κ3) is 5.98. The molecule has 0 fully saturated rings. The molecule has 0 aliphatic carbocycles. The van der Waals surface area contributed by atoms with E-state index in [1.807, 2.05) is 0 Å². The van der Waals surface area contributed by atoms with E-state index >= 15 is 0 Å². The summed E-state index contributed by atoms with van der Waals surface area (Å²) in [7, 11) is -1.98. The van der Waals surface area contributed by atoms with Crippen molar-refractivity contribution in [3.05, 3.63) is 24.3 Å². The van der Waals surface area contributed by atoms with Gasteiger partial charge in [0.05, 0.1) is 17.9 Å². The molecular weight excluding hydrogens is 300 g/mol. The topological polar surface area (TPSA) is 98.5 Å². The SMILES string of the molecule is COc1ccc(NC(=O)CS(=O)(=O)CCC(N)=S)cc1. The average molecular weight is 316 g/mol. The molecule has 0 atom stereocenters. The lowest BCUT2D eigenvalue weighted by Gasteiger charge is -2.07. The molecule has 0 aliphatic rings. The van der Waals surface area contributed by atoms with Gasteiger partial charge in [-0.25, -0.2) is 8.42 Å². The Bertz CT molecular complexity index is 582. The summed E-state index contributed by atoms with van der Waals surface area (Å²) in [6, 6.07) is 6.57. The van der Waals surface area contributed by atoms with Gasteiger partial charge in [-0.05, 0) is 24.3 Å². The molecule has 20 heavy (non-hydrogen) atoms. The number of hydrogen-bond acceptors (Lipinski definition) is 5. The number of rotatable bonds is 7. The summed E-state index contributed by atoms with van der Waals surface area (Å²) in [5, 5.41) is 2.50. The van der Waals surface area contributed by atoms with Gasteiger partial charge in [0.25, 0.3) is 0 Å². The number of nitrogens with one attached hydrogen (secondary N) is 1. The molecule has 1 rings (SSSR count). The van der Waals surface area contributed by atoms with Crippen LogP contribution in [0.3, 0.4) is 0 Å². The summed E-state index contributed by atoms with van der Waals surface area (Å²) >= 11 is 4.61. The van der Waals surface area contributed by atoms with E-state index in [2.05, 4.69) is 17.5 Å². The molecule has 1 amide bonds. The molecule has 0 spiro atoms. The van der Waals surface area contributed by atoms with E-state index < -0.39 is 21.5 Å². The van der Waals surface area contributed by atoms with Gasteiger partial charge in [-0.15, -0.1) is 0 Å². The Labute approximate surface area is 123 Å². The minimum Gasteiger partial charge on any atom is -0.497 e. The van der Waals surface area contributed by atoms with Crippen LogP contribution in [0.1, 0.15) is 6.42 Å². The summed E-state index contributed by atoms with van der Waals surface area (Å²) in [5.41, 5.74) is 5.74. The number of amides is 1. The Morgan fingerprint density at radius 3 is 2.45 bits per heavy atom. The molecule has 8 heteroatoms. The largest absolute Gasteiger partial charge is 0.497 e. The summed E-state index contributed by atoms with van der Waals surface area (Å²) in [5.74, 6) is -0.773. The monoisotopic (exact) mass is 316 g/mol. The van der Waals surface area contributed by atoms with E-state index in [1.54, 1.807) is 24.3 Å². The van der Waals surface area contributed by atoms with Crippen LogP contribution in [0.2, 0.25) is 0 Å². The van der Waals surface area contributed by atoms with Crippen molar-refractivity contribution in [2.45, 2.75) is 6.42 Å². The minimum absolute atomic E-state index is 0.0769. The number of anilines is 1. The summed E-state index contributed by atoms with van der Waals surface area (Å²) < 4.78 is 28.3. The van der Waals surface area contributed by atoms with Crippen molar-refractivity contribution >= 4 is 38.6 Å². The molecule has 1 aromatic rings. The lowest BCUT2D eigenvalue weighted by molar-refractivity contribution is -0.113. The molecule has 0 heterocycles. The Morgan fingerprint density at radius 2 is 1.95 bits per heavy atom. The van der Waals surface area contributed by atoms with Crippen molar-refractivity contribution in [2.75, 3.05) is 23.9 Å². The fourth-order valence-electron chi connectivity index (χ4n) is 1.40. The van der Waals surface area contributed by atoms with Gasteiger partial charge in [-0.1, -0.05) is 12.2 Å². The first-order chi connectivity index (χ1) is 9.32. The van der Waals surface area contributed by atoms with Crippen LogP contribution < -0.4 is 15.8 Å². The zero-order chi connectivity index (χ0) is 15.2. The number of benzene rings is 1. The van der Waals surface area contributed by atoms with E-state index in [4.69, 9.17) is 10.5 Å². The maximum Gasteiger partial charge on any atom is 0.239 e. The van der Waals surface area contributed by atoms with E-state index in [1.165, 1.54) is 7.11 Å². The first-order valence-corrected chi connectivity index (χ1v) is 7.98. The van der Waals surface area contributed by atoms with Gasteiger partial charge in [0.15, 0.2) is 9.84 Å². The van der Waals surface area contributed by atoms with Crippen molar-refractivity contribution < 1.29 is 17.9 Å². The smallest absolute Gasteiger partial charge is 0.239 e. The molecule has 0 saturated carbocycles. The summed E-state index contributed by atoms with van der Waals surface area (Å²) in [4.78, 5) is 11.8. The number of carbonyl (C=O) groups is 1. The number of ether oxygens (including phenoxy) is 1. The van der Waals surface area contributed by atoms with Crippen LogP contribution in [0.5, 0.6) is 5.75 Å². The van der Waals surface area contributed by atoms with Crippen LogP contribution in [0.15, 0.2) is 24.3 Å². The third-order valence-electron chi connectivity index (χ3n) is 2.38. The quantitative estimate of drug-likeness (QED) is 0.719. The van der Waals surface area contributed by atoms with E-state index in [9.17, 15) is 13.2 Å². The van der Waals surface area contributed by atoms with E-state index in [-0.39, 0.29) is 17.2 Å². The molecular formula is C12H16N2O4S2. The summed E-state index contributed by atoms with van der Waals surface area (Å²) in [6.07, 6.45) is 0.0769. The van der Waals surface area contributed by atoms with Gasteiger partial charge in [-0.2, -0.15) is 0 Å². The number of carbonyl (C=O) groups excluding carboxylic acids is 1. The highest BCUT2D eigenvalue weighted by molar-refractivity contribution is 7.92. The number of methoxy groups -OCH3 is 1. The molecule has 0 bridgehead atoms. The number of sulfone groups is 1. The Balaban J connectivity index is 2.56. The normalized spacial score (nSPS) is 10.8. The minimum atomic E-state index is -3.51. The molecule has 0 saturated heterocycles. The predicted octanol–water partition coefficient (Wildman–Crippen LogP) is 0.725. The number of thiocarbonyl (C=S) groups is 1. The first-order valence-electron chi connectivity index (χ1n) is 5.75. The van der Waals surface area contributed by atoms with Gasteiger partial charge in [0.1, 0.15) is 11.5 Å². The van der Waals surface area contributed by atoms with E-state index in [0.29, 0.717) is 11.4 Å². The zero-order valence-corrected chi connectivity index (χ0v) is 12.6. The van der Waals surface area contributed by atoms with Gasteiger partial charge in [0, 0.05) is 12.1 Å².